The second-order valence-electron chi connectivity index (χ2n) is 13.8. The highest BCUT2D eigenvalue weighted by Gasteiger charge is 2.29. The van der Waals surface area contributed by atoms with Crippen LogP contribution in [0.5, 0.6) is 0 Å². The Morgan fingerprint density at radius 3 is 1.37 bits per heavy atom. The van der Waals surface area contributed by atoms with Crippen LogP contribution in [0.25, 0.3) is 82.5 Å². The van der Waals surface area contributed by atoms with Crippen LogP contribution in [0.4, 0.5) is 17.1 Å². The summed E-state index contributed by atoms with van der Waals surface area (Å²) in [5, 5.41) is 7.58. The van der Waals surface area contributed by atoms with Crippen molar-refractivity contribution in [2.45, 2.75) is 0 Å². The summed E-state index contributed by atoms with van der Waals surface area (Å²) in [5.41, 5.74) is 14.3. The Labute approximate surface area is 299 Å². The normalized spacial score (nSPS) is 12.6. The second-order valence-corrected chi connectivity index (χ2v) is 13.8. The molecule has 4 heteroatoms. The third-order valence-electron chi connectivity index (χ3n) is 11.1. The van der Waals surface area contributed by atoms with Crippen LogP contribution in [0.2, 0.25) is 0 Å². The van der Waals surface area contributed by atoms with Gasteiger partial charge in [0.05, 0.1) is 50.2 Å². The first-order chi connectivity index (χ1) is 25.8. The summed E-state index contributed by atoms with van der Waals surface area (Å²) < 4.78 is 7.31. The van der Waals surface area contributed by atoms with Gasteiger partial charge in [0, 0.05) is 49.4 Å². The third kappa shape index (κ3) is 3.60. The van der Waals surface area contributed by atoms with Gasteiger partial charge in [-0.1, -0.05) is 97.1 Å². The molecule has 0 saturated heterocycles. The summed E-state index contributed by atoms with van der Waals surface area (Å²) in [6.07, 6.45) is 0. The first-order valence-electron chi connectivity index (χ1n) is 17.9. The quantitative estimate of drug-likeness (QED) is 0.184. The van der Waals surface area contributed by atoms with Gasteiger partial charge in [0.25, 0.3) is 0 Å². The van der Waals surface area contributed by atoms with Gasteiger partial charge in [-0.3, -0.25) is 0 Å². The van der Waals surface area contributed by atoms with Crippen LogP contribution in [0, 0.1) is 0 Å². The number of aromatic nitrogens is 3. The van der Waals surface area contributed by atoms with Crippen LogP contribution >= 0.6 is 0 Å². The number of hydrogen-bond donors (Lipinski definition) is 0. The molecular formula is C48H30N4. The van der Waals surface area contributed by atoms with E-state index in [1.54, 1.807) is 0 Å². The highest BCUT2D eigenvalue weighted by atomic mass is 15.2. The van der Waals surface area contributed by atoms with E-state index in [9.17, 15) is 0 Å². The summed E-state index contributed by atoms with van der Waals surface area (Å²) in [6.45, 7) is 0. The van der Waals surface area contributed by atoms with Crippen LogP contribution in [0.15, 0.2) is 182 Å². The molecule has 0 saturated carbocycles. The van der Waals surface area contributed by atoms with Crippen LogP contribution in [-0.2, 0) is 0 Å². The van der Waals surface area contributed by atoms with Crippen molar-refractivity contribution in [3.63, 3.8) is 0 Å². The molecule has 4 heterocycles. The zero-order valence-electron chi connectivity index (χ0n) is 28.1. The summed E-state index contributed by atoms with van der Waals surface area (Å²) in [6, 6.07) is 66.4. The lowest BCUT2D eigenvalue weighted by molar-refractivity contribution is 1.11. The van der Waals surface area contributed by atoms with Crippen molar-refractivity contribution in [1.29, 1.82) is 0 Å². The topological polar surface area (TPSA) is 18.0 Å². The number of rotatable bonds is 3. The van der Waals surface area contributed by atoms with Crippen molar-refractivity contribution < 1.29 is 0 Å². The molecule has 52 heavy (non-hydrogen) atoms. The fourth-order valence-corrected chi connectivity index (χ4v) is 9.00. The summed E-state index contributed by atoms with van der Waals surface area (Å²) in [5.74, 6) is 0. The molecule has 11 aromatic rings. The van der Waals surface area contributed by atoms with Gasteiger partial charge < -0.3 is 18.6 Å². The van der Waals surface area contributed by atoms with Crippen molar-refractivity contribution >= 4 is 82.5 Å². The van der Waals surface area contributed by atoms with Gasteiger partial charge in [-0.25, -0.2) is 0 Å². The Morgan fingerprint density at radius 1 is 0.250 bits per heavy atom. The monoisotopic (exact) mass is 662 g/mol. The highest BCUT2D eigenvalue weighted by Crippen LogP contribution is 2.50. The highest BCUT2D eigenvalue weighted by molar-refractivity contribution is 6.22. The largest absolute Gasteiger partial charge is 0.309 e. The standard InChI is InChI=1S/C48H30N4/c1-2-13-31(14-3-1)51-43-22-10-11-23-44(43)52-47-30-46-38(29-39(47)37-18-12-24-45(51)48(37)52)36-17-6-9-21-42(36)50(46)33-27-25-32(26-28-33)49-40-19-7-4-15-34(40)35-16-5-8-20-41(35)49/h1-30H. The zero-order chi connectivity index (χ0) is 33.9. The smallest absolute Gasteiger partial charge is 0.0783 e. The molecule has 8 aromatic carbocycles. The maximum absolute atomic E-state index is 2.49. The molecule has 4 nitrogen and oxygen atoms in total. The molecule has 0 N–H and O–H groups in total. The second kappa shape index (κ2) is 10.3. The molecule has 1 aliphatic rings. The molecule has 0 atom stereocenters. The SMILES string of the molecule is c1ccc(N2c3ccccc3-n3c4cc5c(cc4c4cccc2c43)c2ccccc2n5-c2ccc(-n3c4ccccc4c4ccccc43)cc2)cc1. The number of para-hydroxylation sites is 7. The minimum Gasteiger partial charge on any atom is -0.309 e. The van der Waals surface area contributed by atoms with Crippen molar-refractivity contribution in [2.75, 3.05) is 4.90 Å². The molecule has 0 fully saturated rings. The van der Waals surface area contributed by atoms with E-state index in [-0.39, 0.29) is 0 Å². The Balaban J connectivity index is 1.12. The number of fused-ring (bicyclic) bond motifs is 11. The van der Waals surface area contributed by atoms with Crippen LogP contribution in [0.3, 0.4) is 0 Å². The molecule has 0 unspecified atom stereocenters. The fourth-order valence-electron chi connectivity index (χ4n) is 9.00. The summed E-state index contributed by atoms with van der Waals surface area (Å²) in [4.78, 5) is 2.41. The van der Waals surface area contributed by atoms with Crippen LogP contribution in [0.1, 0.15) is 0 Å². The molecule has 1 aliphatic heterocycles. The number of nitrogens with zero attached hydrogens (tertiary/aromatic N) is 4. The number of hydrogen-bond acceptors (Lipinski definition) is 1. The Kier molecular flexibility index (Phi) is 5.47. The number of benzene rings is 8. The Hall–Kier alpha value is -7.04. The fraction of sp³-hybridized carbons (Fsp3) is 0. The molecule has 12 rings (SSSR count). The van der Waals surface area contributed by atoms with Crippen LogP contribution in [-0.4, -0.2) is 13.7 Å². The summed E-state index contributed by atoms with van der Waals surface area (Å²) >= 11 is 0. The predicted molar refractivity (Wildman–Crippen MR) is 218 cm³/mol. The van der Waals surface area contributed by atoms with E-state index in [0.717, 1.165) is 17.1 Å². The van der Waals surface area contributed by atoms with Gasteiger partial charge in [0.2, 0.25) is 0 Å². The van der Waals surface area contributed by atoms with E-state index < -0.39 is 0 Å². The van der Waals surface area contributed by atoms with E-state index in [0.29, 0.717) is 0 Å². The molecule has 242 valence electrons. The van der Waals surface area contributed by atoms with Gasteiger partial charge in [-0.15, -0.1) is 0 Å². The Morgan fingerprint density at radius 2 is 0.712 bits per heavy atom. The van der Waals surface area contributed by atoms with Gasteiger partial charge >= 0.3 is 0 Å². The minimum absolute atomic E-state index is 1.14. The van der Waals surface area contributed by atoms with Gasteiger partial charge in [-0.05, 0) is 84.9 Å². The lowest BCUT2D eigenvalue weighted by atomic mass is 10.1. The van der Waals surface area contributed by atoms with E-state index >= 15 is 0 Å². The Bertz CT molecular complexity index is 3180. The van der Waals surface area contributed by atoms with Crippen LogP contribution < -0.4 is 4.90 Å². The molecule has 0 spiro atoms. The zero-order valence-corrected chi connectivity index (χ0v) is 28.1. The summed E-state index contributed by atoms with van der Waals surface area (Å²) in [7, 11) is 0. The molecule has 0 aliphatic carbocycles. The first kappa shape index (κ1) is 27.7. The first-order valence-corrected chi connectivity index (χ1v) is 17.9. The average Bonchev–Trinajstić information content (AvgIpc) is 3.84. The maximum Gasteiger partial charge on any atom is 0.0783 e. The third-order valence-corrected chi connectivity index (χ3v) is 11.1. The van der Waals surface area contributed by atoms with Crippen molar-refractivity contribution in [1.82, 2.24) is 13.7 Å². The van der Waals surface area contributed by atoms with Gasteiger partial charge in [0.1, 0.15) is 0 Å². The van der Waals surface area contributed by atoms with Crippen molar-refractivity contribution in [3.05, 3.63) is 182 Å². The predicted octanol–water partition coefficient (Wildman–Crippen LogP) is 12.8. The van der Waals surface area contributed by atoms with E-state index in [1.807, 2.05) is 0 Å². The average molecular weight is 663 g/mol. The lowest BCUT2D eigenvalue weighted by Gasteiger charge is -2.33. The van der Waals surface area contributed by atoms with Crippen molar-refractivity contribution in [3.8, 4) is 17.1 Å². The molecule has 0 bridgehead atoms. The molecule has 0 radical (unpaired) electrons. The van der Waals surface area contributed by atoms with E-state index in [2.05, 4.69) is 201 Å². The maximum atomic E-state index is 2.49. The molecule has 3 aromatic heterocycles. The molecular weight excluding hydrogens is 633 g/mol. The van der Waals surface area contributed by atoms with Gasteiger partial charge in [-0.2, -0.15) is 0 Å². The number of anilines is 3. The minimum atomic E-state index is 1.14. The van der Waals surface area contributed by atoms with E-state index in [4.69, 9.17) is 0 Å². The molecule has 0 amide bonds. The van der Waals surface area contributed by atoms with E-state index in [1.165, 1.54) is 82.5 Å². The van der Waals surface area contributed by atoms with Crippen molar-refractivity contribution in [2.24, 2.45) is 0 Å². The van der Waals surface area contributed by atoms with Gasteiger partial charge in [0.15, 0.2) is 0 Å². The lowest BCUT2D eigenvalue weighted by Crippen LogP contribution is -2.17.